The number of hydrogen-bond acceptors (Lipinski definition) is 6. The third-order valence-electron chi connectivity index (χ3n) is 5.35. The van der Waals surface area contributed by atoms with Crippen molar-refractivity contribution >= 4 is 23.8 Å². The number of rotatable bonds is 6. The van der Waals surface area contributed by atoms with Crippen molar-refractivity contribution in [3.05, 3.63) is 65.2 Å². The number of likely N-dealkylation sites (tertiary alicyclic amines) is 1. The Labute approximate surface area is 204 Å². The molecule has 9 nitrogen and oxygen atoms in total. The van der Waals surface area contributed by atoms with E-state index in [-0.39, 0.29) is 18.2 Å². The number of halogens is 3. The van der Waals surface area contributed by atoms with Gasteiger partial charge in [-0.1, -0.05) is 24.3 Å². The Kier molecular flexibility index (Phi) is 9.97. The number of nitrogens with two attached hydrogens (primary N) is 1. The molecule has 0 spiro atoms. The number of hydrogen-bond donors (Lipinski definition) is 3. The first kappa shape index (κ1) is 28.3. The molecule has 1 saturated heterocycles. The molecule has 0 aromatic heterocycles. The van der Waals surface area contributed by atoms with Gasteiger partial charge in [0.25, 0.3) is 0 Å². The van der Waals surface area contributed by atoms with Crippen LogP contribution in [0.1, 0.15) is 34.3 Å². The van der Waals surface area contributed by atoms with Crippen molar-refractivity contribution in [1.29, 1.82) is 0 Å². The van der Waals surface area contributed by atoms with Gasteiger partial charge in [0.1, 0.15) is 5.75 Å². The summed E-state index contributed by atoms with van der Waals surface area (Å²) in [6.07, 6.45) is -3.88. The van der Waals surface area contributed by atoms with Gasteiger partial charge in [-0.2, -0.15) is 13.2 Å². The van der Waals surface area contributed by atoms with Crippen molar-refractivity contribution in [2.24, 2.45) is 11.7 Å². The maximum absolute atomic E-state index is 12.4. The molecule has 0 aliphatic carbocycles. The molecule has 0 unspecified atom stereocenters. The average Bonchev–Trinajstić information content (AvgIpc) is 2.85. The van der Waals surface area contributed by atoms with Crippen LogP contribution in [0.3, 0.4) is 0 Å². The number of carbonyl (C=O) groups is 4. The number of esters is 1. The van der Waals surface area contributed by atoms with E-state index < -0.39 is 24.1 Å². The molecule has 3 rings (SSSR count). The van der Waals surface area contributed by atoms with Crippen molar-refractivity contribution < 1.29 is 47.3 Å². The number of carboxylic acid groups (broad SMARTS) is 2. The van der Waals surface area contributed by atoms with E-state index in [2.05, 4.69) is 0 Å². The zero-order chi connectivity index (χ0) is 26.9. The Morgan fingerprint density at radius 3 is 1.86 bits per heavy atom. The van der Waals surface area contributed by atoms with E-state index in [1.165, 1.54) is 0 Å². The maximum Gasteiger partial charge on any atom is 0.490 e. The summed E-state index contributed by atoms with van der Waals surface area (Å²) in [5.74, 6) is -4.00. The molecular weight excluding hydrogens is 485 g/mol. The van der Waals surface area contributed by atoms with Crippen LogP contribution in [0, 0.1) is 5.92 Å². The molecule has 12 heteroatoms. The van der Waals surface area contributed by atoms with Crippen LogP contribution in [0.15, 0.2) is 48.5 Å². The minimum Gasteiger partial charge on any atom is -0.481 e. The Morgan fingerprint density at radius 1 is 0.917 bits per heavy atom. The summed E-state index contributed by atoms with van der Waals surface area (Å²) in [5.41, 5.74) is 7.72. The van der Waals surface area contributed by atoms with Gasteiger partial charge in [-0.05, 0) is 48.2 Å². The van der Waals surface area contributed by atoms with Crippen LogP contribution in [0.5, 0.6) is 5.75 Å². The van der Waals surface area contributed by atoms with Gasteiger partial charge in [0.05, 0.1) is 17.9 Å². The van der Waals surface area contributed by atoms with Crippen molar-refractivity contribution in [3.8, 4) is 5.75 Å². The number of amides is 1. The normalized spacial score (nSPS) is 13.8. The van der Waals surface area contributed by atoms with Gasteiger partial charge in [0, 0.05) is 19.6 Å². The third-order valence-corrected chi connectivity index (χ3v) is 5.35. The van der Waals surface area contributed by atoms with Gasteiger partial charge in [-0.25, -0.2) is 9.59 Å². The van der Waals surface area contributed by atoms with E-state index in [1.807, 2.05) is 0 Å². The standard InChI is InChI=1S/C22H24N2O5.C2HF3O2/c23-14-16-1-5-18(6-2-16)22(28)29-19-7-3-15(4-8-19)13-20(25)24-11-9-17(10-12-24)21(26)27;3-2(4,5)1(6)7/h1-8,17H,9-14,23H2,(H,26,27);(H,6,7). The molecule has 1 aliphatic heterocycles. The molecule has 0 radical (unpaired) electrons. The summed E-state index contributed by atoms with van der Waals surface area (Å²) in [6, 6.07) is 13.7. The number of carboxylic acids is 2. The van der Waals surface area contributed by atoms with Crippen LogP contribution >= 0.6 is 0 Å². The van der Waals surface area contributed by atoms with E-state index >= 15 is 0 Å². The SMILES string of the molecule is NCc1ccc(C(=O)Oc2ccc(CC(=O)N3CCC(C(=O)O)CC3)cc2)cc1.O=C(O)C(F)(F)F. The van der Waals surface area contributed by atoms with Crippen LogP contribution in [0.2, 0.25) is 0 Å². The first-order valence-electron chi connectivity index (χ1n) is 10.8. The molecule has 36 heavy (non-hydrogen) atoms. The van der Waals surface area contributed by atoms with Crippen molar-refractivity contribution in [2.75, 3.05) is 13.1 Å². The molecule has 0 bridgehead atoms. The molecular formula is C24H25F3N2O7. The van der Waals surface area contributed by atoms with E-state index in [9.17, 15) is 27.6 Å². The maximum atomic E-state index is 12.4. The molecule has 1 fully saturated rings. The van der Waals surface area contributed by atoms with E-state index in [1.54, 1.807) is 53.4 Å². The molecule has 1 amide bonds. The Bertz CT molecular complexity index is 1060. The summed E-state index contributed by atoms with van der Waals surface area (Å²) < 4.78 is 37.1. The summed E-state index contributed by atoms with van der Waals surface area (Å²) in [4.78, 5) is 46.2. The molecule has 2 aromatic carbocycles. The average molecular weight is 510 g/mol. The zero-order valence-corrected chi connectivity index (χ0v) is 19.0. The molecule has 2 aromatic rings. The monoisotopic (exact) mass is 510 g/mol. The summed E-state index contributed by atoms with van der Waals surface area (Å²) >= 11 is 0. The number of ether oxygens (including phenoxy) is 1. The molecule has 4 N–H and O–H groups in total. The number of nitrogens with zero attached hydrogens (tertiary/aromatic N) is 1. The van der Waals surface area contributed by atoms with Crippen LogP contribution in [0.25, 0.3) is 0 Å². The highest BCUT2D eigenvalue weighted by molar-refractivity contribution is 5.91. The largest absolute Gasteiger partial charge is 0.490 e. The fourth-order valence-electron chi connectivity index (χ4n) is 3.28. The van der Waals surface area contributed by atoms with Crippen molar-refractivity contribution in [1.82, 2.24) is 4.90 Å². The van der Waals surface area contributed by atoms with Gasteiger partial charge >= 0.3 is 24.1 Å². The van der Waals surface area contributed by atoms with Gasteiger partial charge in [0.15, 0.2) is 0 Å². The van der Waals surface area contributed by atoms with Crippen LogP contribution in [-0.4, -0.2) is 58.2 Å². The highest BCUT2D eigenvalue weighted by Gasteiger charge is 2.38. The fraction of sp³-hybridized carbons (Fsp3) is 0.333. The fourth-order valence-corrected chi connectivity index (χ4v) is 3.28. The minimum absolute atomic E-state index is 0.0291. The smallest absolute Gasteiger partial charge is 0.481 e. The summed E-state index contributed by atoms with van der Waals surface area (Å²) in [5, 5.41) is 16.2. The second-order valence-corrected chi connectivity index (χ2v) is 7.91. The second kappa shape index (κ2) is 12.7. The minimum atomic E-state index is -5.08. The topological polar surface area (TPSA) is 147 Å². The number of aliphatic carboxylic acids is 2. The molecule has 194 valence electrons. The lowest BCUT2D eigenvalue weighted by atomic mass is 9.96. The first-order valence-corrected chi connectivity index (χ1v) is 10.8. The summed E-state index contributed by atoms with van der Waals surface area (Å²) in [7, 11) is 0. The zero-order valence-electron chi connectivity index (χ0n) is 19.0. The Hall–Kier alpha value is -3.93. The Morgan fingerprint density at radius 2 is 1.42 bits per heavy atom. The highest BCUT2D eigenvalue weighted by atomic mass is 19.4. The summed E-state index contributed by atoms with van der Waals surface area (Å²) in [6.45, 7) is 1.34. The van der Waals surface area contributed by atoms with Gasteiger partial charge in [0.2, 0.25) is 5.91 Å². The highest BCUT2D eigenvalue weighted by Crippen LogP contribution is 2.20. The van der Waals surface area contributed by atoms with E-state index in [4.69, 9.17) is 25.5 Å². The third kappa shape index (κ3) is 8.69. The molecule has 0 atom stereocenters. The number of piperidine rings is 1. The number of alkyl halides is 3. The molecule has 1 heterocycles. The second-order valence-electron chi connectivity index (χ2n) is 7.91. The van der Waals surface area contributed by atoms with Gasteiger partial charge in [-0.3, -0.25) is 9.59 Å². The van der Waals surface area contributed by atoms with Crippen LogP contribution in [0.4, 0.5) is 13.2 Å². The predicted octanol–water partition coefficient (Wildman–Crippen LogP) is 2.86. The van der Waals surface area contributed by atoms with E-state index in [0.29, 0.717) is 43.8 Å². The molecule has 0 saturated carbocycles. The lowest BCUT2D eigenvalue weighted by Gasteiger charge is -2.30. The Balaban J connectivity index is 0.000000572. The van der Waals surface area contributed by atoms with Gasteiger partial charge < -0.3 is 25.6 Å². The van der Waals surface area contributed by atoms with E-state index in [0.717, 1.165) is 11.1 Å². The lowest BCUT2D eigenvalue weighted by Crippen LogP contribution is -2.40. The lowest BCUT2D eigenvalue weighted by molar-refractivity contribution is -0.192. The number of carbonyl (C=O) groups excluding carboxylic acids is 2. The van der Waals surface area contributed by atoms with Gasteiger partial charge in [-0.15, -0.1) is 0 Å². The van der Waals surface area contributed by atoms with Crippen LogP contribution in [-0.2, 0) is 27.3 Å². The number of benzene rings is 2. The predicted molar refractivity (Wildman–Crippen MR) is 120 cm³/mol. The quantitative estimate of drug-likeness (QED) is 0.397. The van der Waals surface area contributed by atoms with Crippen LogP contribution < -0.4 is 10.5 Å². The first-order chi connectivity index (χ1) is 16.9. The molecule has 1 aliphatic rings. The van der Waals surface area contributed by atoms with Crippen molar-refractivity contribution in [2.45, 2.75) is 32.0 Å². The van der Waals surface area contributed by atoms with Crippen molar-refractivity contribution in [3.63, 3.8) is 0 Å².